The fraction of sp³-hybridized carbons (Fsp3) is 0.160. The minimum absolute atomic E-state index is 0.0761. The summed E-state index contributed by atoms with van der Waals surface area (Å²) in [4.78, 5) is 13.2. The molecule has 0 unspecified atom stereocenters. The zero-order chi connectivity index (χ0) is 23.4. The lowest BCUT2D eigenvalue weighted by Crippen LogP contribution is -2.30. The Morgan fingerprint density at radius 3 is 2.45 bits per heavy atom. The van der Waals surface area contributed by atoms with E-state index in [4.69, 9.17) is 4.74 Å². The Kier molecular flexibility index (Phi) is 8.64. The van der Waals surface area contributed by atoms with Crippen molar-refractivity contribution in [1.29, 1.82) is 0 Å². The summed E-state index contributed by atoms with van der Waals surface area (Å²) in [6, 6.07) is 20.6. The first-order chi connectivity index (χ1) is 15.9. The van der Waals surface area contributed by atoms with E-state index in [1.54, 1.807) is 0 Å². The van der Waals surface area contributed by atoms with E-state index >= 15 is 0 Å². The second-order valence-corrected chi connectivity index (χ2v) is 11.8. The molecule has 0 saturated carbocycles. The summed E-state index contributed by atoms with van der Waals surface area (Å²) in [6.07, 6.45) is 2.92. The number of thioether (sulfide) groups is 1. The molecule has 4 rings (SSSR count). The van der Waals surface area contributed by atoms with Crippen molar-refractivity contribution in [1.82, 2.24) is 5.32 Å². The van der Waals surface area contributed by atoms with Gasteiger partial charge in [-0.1, -0.05) is 43.0 Å². The van der Waals surface area contributed by atoms with Crippen molar-refractivity contribution in [3.05, 3.63) is 93.9 Å². The standard InChI is InChI=1S/C25H21BrI2N2O2S/c1-2-15-5-9-19(10-6-15)29-25-30-24(31)22(33-25)13-17-11-20(26)23(21(28)12-17)32-14-16-3-7-18(27)8-4-16/h3-13,25,29H,2,14H2,1H3,(H,30,31)/b22-13-/t25-/m0/s1. The Bertz CT molecular complexity index is 1160. The van der Waals surface area contributed by atoms with Crippen LogP contribution in [0.25, 0.3) is 6.08 Å². The molecule has 1 atom stereocenters. The number of amides is 1. The predicted molar refractivity (Wildman–Crippen MR) is 157 cm³/mol. The lowest BCUT2D eigenvalue weighted by atomic mass is 10.1. The molecule has 1 fully saturated rings. The smallest absolute Gasteiger partial charge is 0.260 e. The van der Waals surface area contributed by atoms with Gasteiger partial charge in [0.05, 0.1) is 12.9 Å². The van der Waals surface area contributed by atoms with Crippen molar-refractivity contribution in [3.63, 3.8) is 0 Å². The van der Waals surface area contributed by atoms with Crippen LogP contribution in [-0.4, -0.2) is 11.4 Å². The highest BCUT2D eigenvalue weighted by Gasteiger charge is 2.27. The van der Waals surface area contributed by atoms with Gasteiger partial charge in [-0.05, 0) is 127 Å². The van der Waals surface area contributed by atoms with Gasteiger partial charge in [0.15, 0.2) is 5.50 Å². The molecule has 8 heteroatoms. The minimum Gasteiger partial charge on any atom is -0.487 e. The molecular weight excluding hydrogens is 726 g/mol. The van der Waals surface area contributed by atoms with E-state index < -0.39 is 0 Å². The summed E-state index contributed by atoms with van der Waals surface area (Å²) in [6.45, 7) is 2.63. The number of benzene rings is 3. The third-order valence-electron chi connectivity index (χ3n) is 5.01. The van der Waals surface area contributed by atoms with Gasteiger partial charge in [-0.2, -0.15) is 0 Å². The van der Waals surface area contributed by atoms with Crippen LogP contribution in [0.15, 0.2) is 70.0 Å². The third kappa shape index (κ3) is 6.67. The maximum atomic E-state index is 12.5. The van der Waals surface area contributed by atoms with E-state index in [0.29, 0.717) is 11.5 Å². The van der Waals surface area contributed by atoms with Crippen LogP contribution in [0.1, 0.15) is 23.6 Å². The first-order valence-corrected chi connectivity index (χ1v) is 14.2. The molecule has 1 saturated heterocycles. The average Bonchev–Trinajstić information content (AvgIpc) is 3.13. The molecule has 1 aliphatic heterocycles. The summed E-state index contributed by atoms with van der Waals surface area (Å²) >= 11 is 9.68. The molecule has 33 heavy (non-hydrogen) atoms. The number of hydrogen-bond donors (Lipinski definition) is 2. The molecule has 1 amide bonds. The first kappa shape index (κ1) is 24.9. The van der Waals surface area contributed by atoms with Gasteiger partial charge < -0.3 is 15.4 Å². The number of halogens is 3. The molecule has 0 spiro atoms. The Morgan fingerprint density at radius 1 is 1.09 bits per heavy atom. The summed E-state index contributed by atoms with van der Waals surface area (Å²) in [5.41, 5.74) is 4.13. The van der Waals surface area contributed by atoms with Crippen molar-refractivity contribution in [2.45, 2.75) is 25.4 Å². The van der Waals surface area contributed by atoms with Crippen molar-refractivity contribution < 1.29 is 9.53 Å². The molecule has 2 N–H and O–H groups in total. The molecule has 3 aromatic rings. The highest BCUT2D eigenvalue weighted by Crippen LogP contribution is 2.35. The predicted octanol–water partition coefficient (Wildman–Crippen LogP) is 7.40. The molecule has 0 radical (unpaired) electrons. The second kappa shape index (κ2) is 11.5. The minimum atomic E-state index is -0.199. The van der Waals surface area contributed by atoms with Crippen LogP contribution in [-0.2, 0) is 17.8 Å². The van der Waals surface area contributed by atoms with Gasteiger partial charge in [0.25, 0.3) is 5.91 Å². The van der Waals surface area contributed by atoms with Crippen molar-refractivity contribution in [3.8, 4) is 5.75 Å². The van der Waals surface area contributed by atoms with Crippen molar-refractivity contribution in [2.75, 3.05) is 5.32 Å². The fourth-order valence-corrected chi connectivity index (χ4v) is 6.35. The summed E-state index contributed by atoms with van der Waals surface area (Å²) < 4.78 is 9.11. The zero-order valence-electron chi connectivity index (χ0n) is 17.7. The highest BCUT2D eigenvalue weighted by molar-refractivity contribution is 14.1. The van der Waals surface area contributed by atoms with E-state index in [2.05, 4.69) is 115 Å². The topological polar surface area (TPSA) is 50.4 Å². The Labute approximate surface area is 233 Å². The number of carbonyl (C=O) groups excluding carboxylic acids is 1. The van der Waals surface area contributed by atoms with Crippen LogP contribution in [0.5, 0.6) is 5.75 Å². The molecule has 0 aromatic heterocycles. The third-order valence-corrected chi connectivity index (χ3v) is 8.14. The summed E-state index contributed by atoms with van der Waals surface area (Å²) in [5, 5.41) is 6.36. The van der Waals surface area contributed by atoms with Gasteiger partial charge >= 0.3 is 0 Å². The zero-order valence-corrected chi connectivity index (χ0v) is 24.4. The first-order valence-electron chi connectivity index (χ1n) is 10.3. The molecular formula is C25H21BrI2N2O2S. The van der Waals surface area contributed by atoms with Crippen LogP contribution < -0.4 is 15.4 Å². The Balaban J connectivity index is 1.43. The van der Waals surface area contributed by atoms with Crippen molar-refractivity contribution in [2.24, 2.45) is 0 Å². The second-order valence-electron chi connectivity index (χ2n) is 7.40. The van der Waals surface area contributed by atoms with Gasteiger partial charge in [0, 0.05) is 9.26 Å². The van der Waals surface area contributed by atoms with Crippen LogP contribution in [0.2, 0.25) is 0 Å². The highest BCUT2D eigenvalue weighted by atomic mass is 127. The van der Waals surface area contributed by atoms with Crippen LogP contribution in [0.4, 0.5) is 5.69 Å². The fourth-order valence-electron chi connectivity index (χ4n) is 3.24. The van der Waals surface area contributed by atoms with E-state index in [1.807, 2.05) is 30.3 Å². The lowest BCUT2D eigenvalue weighted by Gasteiger charge is -2.13. The van der Waals surface area contributed by atoms with Gasteiger partial charge in [-0.15, -0.1) is 0 Å². The molecule has 1 heterocycles. The van der Waals surface area contributed by atoms with E-state index in [9.17, 15) is 4.79 Å². The van der Waals surface area contributed by atoms with Gasteiger partial charge in [0.2, 0.25) is 0 Å². The van der Waals surface area contributed by atoms with Crippen LogP contribution in [0.3, 0.4) is 0 Å². The molecule has 4 nitrogen and oxygen atoms in total. The van der Waals surface area contributed by atoms with Gasteiger partial charge in [-0.3, -0.25) is 4.79 Å². The van der Waals surface area contributed by atoms with E-state index in [1.165, 1.54) is 20.9 Å². The number of aryl methyl sites for hydroxylation is 1. The number of nitrogens with one attached hydrogen (secondary N) is 2. The lowest BCUT2D eigenvalue weighted by molar-refractivity contribution is -0.116. The number of carbonyl (C=O) groups is 1. The van der Waals surface area contributed by atoms with Gasteiger partial charge in [0.1, 0.15) is 12.4 Å². The Morgan fingerprint density at radius 2 is 1.79 bits per heavy atom. The quantitative estimate of drug-likeness (QED) is 0.196. The van der Waals surface area contributed by atoms with E-state index in [-0.39, 0.29) is 11.4 Å². The average molecular weight is 747 g/mol. The van der Waals surface area contributed by atoms with Crippen molar-refractivity contribution >= 4 is 90.5 Å². The molecule has 1 aliphatic rings. The SMILES string of the molecule is CCc1ccc(N[C@H]2NC(=O)/C(=C/c3cc(Br)c(OCc4ccc(I)cc4)c(I)c3)S2)cc1. The molecule has 170 valence electrons. The number of anilines is 1. The molecule has 0 bridgehead atoms. The van der Waals surface area contributed by atoms with Crippen LogP contribution >= 0.6 is 72.9 Å². The molecule has 3 aromatic carbocycles. The normalized spacial score (nSPS) is 16.7. The summed E-state index contributed by atoms with van der Waals surface area (Å²) in [5.74, 6) is 0.725. The Hall–Kier alpha value is -1.24. The maximum Gasteiger partial charge on any atom is 0.260 e. The number of rotatable bonds is 7. The number of ether oxygens (including phenoxy) is 1. The van der Waals surface area contributed by atoms with Crippen LogP contribution in [0, 0.1) is 7.14 Å². The monoisotopic (exact) mass is 746 g/mol. The van der Waals surface area contributed by atoms with Gasteiger partial charge in [-0.25, -0.2) is 0 Å². The maximum absolute atomic E-state index is 12.5. The van der Waals surface area contributed by atoms with E-state index in [0.717, 1.165) is 37.0 Å². The molecule has 0 aliphatic carbocycles. The summed E-state index contributed by atoms with van der Waals surface area (Å²) in [7, 11) is 0. The largest absolute Gasteiger partial charge is 0.487 e. The number of hydrogen-bond acceptors (Lipinski definition) is 4.